The van der Waals surface area contributed by atoms with Gasteiger partial charge < -0.3 is 4.74 Å². The van der Waals surface area contributed by atoms with Gasteiger partial charge in [-0.05, 0) is 23.8 Å². The van der Waals surface area contributed by atoms with Crippen LogP contribution in [0.5, 0.6) is 5.75 Å². The lowest BCUT2D eigenvalue weighted by atomic mass is 10.2. The van der Waals surface area contributed by atoms with Crippen molar-refractivity contribution in [2.45, 2.75) is 0 Å². The first-order valence-electron chi connectivity index (χ1n) is 4.09. The molecule has 68 valence electrons. The molecule has 0 aliphatic carbocycles. The smallest absolute Gasteiger partial charge is 0.119 e. The number of nitrogens with zero attached hydrogens (tertiary/aromatic N) is 1. The summed E-state index contributed by atoms with van der Waals surface area (Å²) in [4.78, 5) is 3.85. The summed E-state index contributed by atoms with van der Waals surface area (Å²) in [5.74, 6) is 0.871. The molecule has 0 aromatic heterocycles. The molecule has 0 saturated heterocycles. The zero-order valence-corrected chi connectivity index (χ0v) is 7.90. The summed E-state index contributed by atoms with van der Waals surface area (Å²) in [6.07, 6.45) is 5.63. The Kier molecular flexibility index (Phi) is 3.76. The number of rotatable bonds is 3. The minimum Gasteiger partial charge on any atom is -0.497 e. The predicted molar refractivity (Wildman–Crippen MR) is 56.4 cm³/mol. The Morgan fingerprint density at radius 2 is 2.23 bits per heavy atom. The Hall–Kier alpha value is -1.57. The van der Waals surface area contributed by atoms with E-state index in [0.717, 1.165) is 11.3 Å². The van der Waals surface area contributed by atoms with Crippen molar-refractivity contribution in [3.8, 4) is 5.75 Å². The fourth-order valence-corrected chi connectivity index (χ4v) is 0.985. The zero-order valence-electron chi connectivity index (χ0n) is 7.90. The molecule has 0 aliphatic heterocycles. The molecule has 0 N–H and O–H groups in total. The maximum Gasteiger partial charge on any atom is 0.119 e. The monoisotopic (exact) mass is 175 g/mol. The molecule has 1 aromatic carbocycles. The van der Waals surface area contributed by atoms with Crippen LogP contribution in [0, 0.1) is 0 Å². The van der Waals surface area contributed by atoms with Gasteiger partial charge in [0.2, 0.25) is 0 Å². The average Bonchev–Trinajstić information content (AvgIpc) is 2.19. The molecule has 0 fully saturated rings. The Balaban J connectivity index is 2.77. The van der Waals surface area contributed by atoms with Gasteiger partial charge in [0, 0.05) is 13.3 Å². The van der Waals surface area contributed by atoms with Crippen LogP contribution in [0.2, 0.25) is 0 Å². The minimum absolute atomic E-state index is 0.871. The first kappa shape index (κ1) is 9.52. The van der Waals surface area contributed by atoms with Crippen molar-refractivity contribution < 1.29 is 4.74 Å². The lowest BCUT2D eigenvalue weighted by Crippen LogP contribution is -1.82. The van der Waals surface area contributed by atoms with Crippen LogP contribution in [0.15, 0.2) is 35.3 Å². The maximum atomic E-state index is 5.09. The highest BCUT2D eigenvalue weighted by Gasteiger charge is 1.89. The van der Waals surface area contributed by atoms with Crippen LogP contribution in [-0.2, 0) is 0 Å². The summed E-state index contributed by atoms with van der Waals surface area (Å²) >= 11 is 0. The molecule has 1 rings (SSSR count). The second kappa shape index (κ2) is 5.14. The topological polar surface area (TPSA) is 21.6 Å². The summed E-state index contributed by atoms with van der Waals surface area (Å²) in [7, 11) is 3.41. The Morgan fingerprint density at radius 3 is 2.92 bits per heavy atom. The second-order valence-corrected chi connectivity index (χ2v) is 2.54. The molecule has 1 aromatic rings. The van der Waals surface area contributed by atoms with Crippen molar-refractivity contribution in [3.63, 3.8) is 0 Å². The molecule has 0 heterocycles. The standard InChI is InChI=1S/C11H13NO/c1-12-8-4-6-10-5-3-7-11(9-10)13-2/h3-9H,1-2H3. The second-order valence-electron chi connectivity index (χ2n) is 2.54. The van der Waals surface area contributed by atoms with Crippen molar-refractivity contribution >= 4 is 12.3 Å². The fourth-order valence-electron chi connectivity index (χ4n) is 0.985. The van der Waals surface area contributed by atoms with Crippen molar-refractivity contribution in [2.75, 3.05) is 14.2 Å². The van der Waals surface area contributed by atoms with Gasteiger partial charge in [0.15, 0.2) is 0 Å². The average molecular weight is 175 g/mol. The summed E-state index contributed by atoms with van der Waals surface area (Å²) in [5.41, 5.74) is 1.11. The van der Waals surface area contributed by atoms with E-state index in [4.69, 9.17) is 4.74 Å². The first-order valence-corrected chi connectivity index (χ1v) is 4.09. The van der Waals surface area contributed by atoms with Gasteiger partial charge in [-0.1, -0.05) is 18.2 Å². The molecule has 0 spiro atoms. The van der Waals surface area contributed by atoms with Crippen molar-refractivity contribution in [1.82, 2.24) is 0 Å². The largest absolute Gasteiger partial charge is 0.497 e. The van der Waals surface area contributed by atoms with Gasteiger partial charge in [0.05, 0.1) is 7.11 Å². The van der Waals surface area contributed by atoms with E-state index in [2.05, 4.69) is 4.99 Å². The van der Waals surface area contributed by atoms with E-state index in [9.17, 15) is 0 Å². The van der Waals surface area contributed by atoms with E-state index in [1.165, 1.54) is 0 Å². The van der Waals surface area contributed by atoms with E-state index < -0.39 is 0 Å². The van der Waals surface area contributed by atoms with Crippen LogP contribution in [0.25, 0.3) is 6.08 Å². The molecule has 0 saturated carbocycles. The third-order valence-electron chi connectivity index (χ3n) is 1.62. The molecular formula is C11H13NO. The summed E-state index contributed by atoms with van der Waals surface area (Å²) < 4.78 is 5.09. The lowest BCUT2D eigenvalue weighted by molar-refractivity contribution is 0.414. The van der Waals surface area contributed by atoms with Crippen LogP contribution < -0.4 is 4.74 Å². The molecule has 0 radical (unpaired) electrons. The SMILES string of the molecule is CN=CC=Cc1cccc(OC)c1. The highest BCUT2D eigenvalue weighted by atomic mass is 16.5. The summed E-state index contributed by atoms with van der Waals surface area (Å²) in [5, 5.41) is 0. The molecule has 0 aliphatic rings. The molecule has 2 heteroatoms. The molecule has 0 atom stereocenters. The number of benzene rings is 1. The van der Waals surface area contributed by atoms with Gasteiger partial charge >= 0.3 is 0 Å². The quantitative estimate of drug-likeness (QED) is 0.646. The van der Waals surface area contributed by atoms with Gasteiger partial charge in [-0.3, -0.25) is 4.99 Å². The predicted octanol–water partition coefficient (Wildman–Crippen LogP) is 2.41. The van der Waals surface area contributed by atoms with Gasteiger partial charge in [0.25, 0.3) is 0 Å². The Labute approximate surface area is 78.6 Å². The first-order chi connectivity index (χ1) is 6.36. The van der Waals surface area contributed by atoms with Crippen molar-refractivity contribution in [1.29, 1.82) is 0 Å². The van der Waals surface area contributed by atoms with E-state index in [1.807, 2.05) is 36.4 Å². The number of aliphatic imine (C=N–C) groups is 1. The van der Waals surface area contributed by atoms with Crippen LogP contribution in [0.4, 0.5) is 0 Å². The van der Waals surface area contributed by atoms with Crippen LogP contribution in [0.1, 0.15) is 5.56 Å². The fraction of sp³-hybridized carbons (Fsp3) is 0.182. The number of hydrogen-bond donors (Lipinski definition) is 0. The zero-order chi connectivity index (χ0) is 9.52. The van der Waals surface area contributed by atoms with Gasteiger partial charge in [-0.15, -0.1) is 0 Å². The number of hydrogen-bond acceptors (Lipinski definition) is 2. The highest BCUT2D eigenvalue weighted by Crippen LogP contribution is 2.13. The van der Waals surface area contributed by atoms with E-state index in [0.29, 0.717) is 0 Å². The van der Waals surface area contributed by atoms with Crippen LogP contribution in [0.3, 0.4) is 0 Å². The van der Waals surface area contributed by atoms with Gasteiger partial charge in [0.1, 0.15) is 5.75 Å². The number of ether oxygens (including phenoxy) is 1. The van der Waals surface area contributed by atoms with Gasteiger partial charge in [-0.25, -0.2) is 0 Å². The third kappa shape index (κ3) is 3.11. The lowest BCUT2D eigenvalue weighted by Gasteiger charge is -1.99. The molecular weight excluding hydrogens is 162 g/mol. The Morgan fingerprint density at radius 1 is 1.38 bits per heavy atom. The van der Waals surface area contributed by atoms with Crippen molar-refractivity contribution in [3.05, 3.63) is 35.9 Å². The maximum absolute atomic E-state index is 5.09. The summed E-state index contributed by atoms with van der Waals surface area (Å²) in [6, 6.07) is 7.87. The van der Waals surface area contributed by atoms with E-state index in [1.54, 1.807) is 20.4 Å². The van der Waals surface area contributed by atoms with E-state index >= 15 is 0 Å². The molecule has 0 unspecified atom stereocenters. The van der Waals surface area contributed by atoms with Gasteiger partial charge in [-0.2, -0.15) is 0 Å². The molecule has 2 nitrogen and oxygen atoms in total. The number of allylic oxidation sites excluding steroid dienone is 1. The van der Waals surface area contributed by atoms with Crippen LogP contribution in [-0.4, -0.2) is 20.4 Å². The molecule has 0 amide bonds. The molecule has 13 heavy (non-hydrogen) atoms. The third-order valence-corrected chi connectivity index (χ3v) is 1.62. The van der Waals surface area contributed by atoms with Crippen molar-refractivity contribution in [2.24, 2.45) is 4.99 Å². The Bertz CT molecular complexity index is 316. The highest BCUT2D eigenvalue weighted by molar-refractivity contribution is 5.78. The minimum atomic E-state index is 0.871. The normalized spacial score (nSPS) is 11.2. The molecule has 0 bridgehead atoms. The van der Waals surface area contributed by atoms with Crippen LogP contribution >= 0.6 is 0 Å². The number of methoxy groups -OCH3 is 1. The summed E-state index contributed by atoms with van der Waals surface area (Å²) in [6.45, 7) is 0. The van der Waals surface area contributed by atoms with E-state index in [-0.39, 0.29) is 0 Å².